The van der Waals surface area contributed by atoms with E-state index in [0.29, 0.717) is 5.92 Å². The van der Waals surface area contributed by atoms with Gasteiger partial charge in [0.2, 0.25) is 5.91 Å². The minimum atomic E-state index is -0.164. The van der Waals surface area contributed by atoms with Gasteiger partial charge >= 0.3 is 0 Å². The van der Waals surface area contributed by atoms with Gasteiger partial charge in [0.1, 0.15) is 0 Å². The number of carbonyl (C=O) groups excluding carboxylic acids is 1. The van der Waals surface area contributed by atoms with Crippen molar-refractivity contribution in [3.63, 3.8) is 0 Å². The fraction of sp³-hybridized carbons (Fsp3) is 0.562. The zero-order valence-corrected chi connectivity index (χ0v) is 12.5. The molecule has 0 aliphatic heterocycles. The minimum Gasteiger partial charge on any atom is -0.380 e. The highest BCUT2D eigenvalue weighted by molar-refractivity contribution is 5.97. The Morgan fingerprint density at radius 3 is 2.11 bits per heavy atom. The predicted molar refractivity (Wildman–Crippen MR) is 80.3 cm³/mol. The molecular formula is C16H24N2O. The van der Waals surface area contributed by atoms with Crippen LogP contribution in [0.2, 0.25) is 0 Å². The van der Waals surface area contributed by atoms with Gasteiger partial charge in [0.15, 0.2) is 0 Å². The van der Waals surface area contributed by atoms with Crippen molar-refractivity contribution < 1.29 is 4.79 Å². The molecule has 1 aliphatic carbocycles. The van der Waals surface area contributed by atoms with Crippen molar-refractivity contribution in [2.24, 2.45) is 11.3 Å². The average molecular weight is 260 g/mol. The molecule has 0 heterocycles. The molecule has 0 bridgehead atoms. The summed E-state index contributed by atoms with van der Waals surface area (Å²) in [4.78, 5) is 12.1. The second-order valence-corrected chi connectivity index (χ2v) is 6.93. The Morgan fingerprint density at radius 1 is 1.21 bits per heavy atom. The van der Waals surface area contributed by atoms with Crippen molar-refractivity contribution in [2.45, 2.75) is 46.6 Å². The molecule has 2 rings (SSSR count). The van der Waals surface area contributed by atoms with Crippen molar-refractivity contribution in [3.05, 3.63) is 24.3 Å². The van der Waals surface area contributed by atoms with E-state index < -0.39 is 0 Å². The first-order valence-electron chi connectivity index (χ1n) is 6.90. The van der Waals surface area contributed by atoms with Crippen molar-refractivity contribution in [3.8, 4) is 0 Å². The predicted octanol–water partition coefficient (Wildman–Crippen LogP) is 3.88. The number of nitrogens with one attached hydrogen (secondary N) is 2. The molecule has 3 heteroatoms. The maximum absolute atomic E-state index is 12.1. The largest absolute Gasteiger partial charge is 0.380 e. The van der Waals surface area contributed by atoms with Crippen LogP contribution < -0.4 is 10.6 Å². The van der Waals surface area contributed by atoms with Gasteiger partial charge in [-0.3, -0.25) is 4.79 Å². The van der Waals surface area contributed by atoms with Crippen LogP contribution in [-0.4, -0.2) is 11.4 Å². The Hall–Kier alpha value is -1.51. The first-order chi connectivity index (χ1) is 8.71. The van der Waals surface area contributed by atoms with Gasteiger partial charge in [-0.25, -0.2) is 0 Å². The van der Waals surface area contributed by atoms with Gasteiger partial charge in [-0.05, 0) is 57.4 Å². The monoisotopic (exact) mass is 260 g/mol. The van der Waals surface area contributed by atoms with E-state index in [1.54, 1.807) is 0 Å². The third-order valence-electron chi connectivity index (χ3n) is 3.84. The maximum atomic E-state index is 12.1. The number of anilines is 2. The molecule has 2 unspecified atom stereocenters. The van der Waals surface area contributed by atoms with Crippen LogP contribution in [0.1, 0.15) is 41.0 Å². The zero-order chi connectivity index (χ0) is 14.3. The number of rotatable bonds is 3. The van der Waals surface area contributed by atoms with E-state index in [1.165, 1.54) is 0 Å². The molecule has 1 aliphatic rings. The normalized spacial score (nSPS) is 25.8. The lowest BCUT2D eigenvalue weighted by atomic mass is 10.1. The van der Waals surface area contributed by atoms with Crippen molar-refractivity contribution in [1.82, 2.24) is 0 Å². The molecule has 2 atom stereocenters. The highest BCUT2D eigenvalue weighted by Gasteiger charge is 2.52. The molecule has 0 aromatic heterocycles. The Labute approximate surface area is 115 Å². The van der Waals surface area contributed by atoms with Gasteiger partial charge in [-0.1, -0.05) is 13.8 Å². The van der Waals surface area contributed by atoms with Crippen molar-refractivity contribution in [1.29, 1.82) is 0 Å². The summed E-state index contributed by atoms with van der Waals surface area (Å²) in [6.07, 6.45) is 0.989. The summed E-state index contributed by atoms with van der Waals surface area (Å²) in [6.45, 7) is 10.5. The van der Waals surface area contributed by atoms with Gasteiger partial charge in [0.05, 0.1) is 0 Å². The lowest BCUT2D eigenvalue weighted by molar-refractivity contribution is -0.121. The van der Waals surface area contributed by atoms with E-state index in [0.717, 1.165) is 17.8 Å². The number of hydrogen-bond donors (Lipinski definition) is 2. The maximum Gasteiger partial charge on any atom is 0.230 e. The lowest BCUT2D eigenvalue weighted by Gasteiger charge is -2.22. The van der Waals surface area contributed by atoms with Crippen LogP contribution in [0.15, 0.2) is 24.3 Å². The highest BCUT2D eigenvalue weighted by Crippen LogP contribution is 2.52. The fourth-order valence-corrected chi connectivity index (χ4v) is 2.24. The minimum absolute atomic E-state index is 0.0433. The van der Waals surface area contributed by atoms with Crippen LogP contribution in [0.4, 0.5) is 11.4 Å². The van der Waals surface area contributed by atoms with E-state index in [9.17, 15) is 4.79 Å². The van der Waals surface area contributed by atoms with Crippen LogP contribution in [0.3, 0.4) is 0 Å². The molecule has 0 saturated heterocycles. The molecule has 3 nitrogen and oxygen atoms in total. The molecule has 1 aromatic carbocycles. The van der Waals surface area contributed by atoms with Crippen molar-refractivity contribution in [2.75, 3.05) is 10.6 Å². The molecule has 1 aromatic rings. The van der Waals surface area contributed by atoms with Gasteiger partial charge in [0.25, 0.3) is 0 Å². The van der Waals surface area contributed by atoms with E-state index in [1.807, 2.05) is 31.2 Å². The molecule has 2 N–H and O–H groups in total. The van der Waals surface area contributed by atoms with Gasteiger partial charge < -0.3 is 10.6 Å². The number of amides is 1. The zero-order valence-electron chi connectivity index (χ0n) is 12.5. The summed E-state index contributed by atoms with van der Waals surface area (Å²) < 4.78 is 0. The molecular weight excluding hydrogens is 236 g/mol. The molecule has 104 valence electrons. The Kier molecular flexibility index (Phi) is 3.33. The van der Waals surface area contributed by atoms with Crippen LogP contribution in [0.25, 0.3) is 0 Å². The highest BCUT2D eigenvalue weighted by atomic mass is 16.2. The van der Waals surface area contributed by atoms with Crippen molar-refractivity contribution >= 4 is 17.3 Å². The molecule has 19 heavy (non-hydrogen) atoms. The lowest BCUT2D eigenvalue weighted by Crippen LogP contribution is -2.26. The molecule has 0 radical (unpaired) electrons. The first-order valence-corrected chi connectivity index (χ1v) is 6.90. The Balaban J connectivity index is 1.98. The third-order valence-corrected chi connectivity index (χ3v) is 3.84. The topological polar surface area (TPSA) is 41.1 Å². The SMILES string of the molecule is CC1CC1(C)C(=O)Nc1ccc(NC(C)(C)C)cc1. The Morgan fingerprint density at radius 2 is 1.68 bits per heavy atom. The van der Waals surface area contributed by atoms with Gasteiger partial charge in [-0.2, -0.15) is 0 Å². The van der Waals surface area contributed by atoms with Gasteiger partial charge in [-0.15, -0.1) is 0 Å². The molecule has 1 saturated carbocycles. The first kappa shape index (κ1) is 13.9. The second kappa shape index (κ2) is 4.55. The van der Waals surface area contributed by atoms with Crippen LogP contribution in [-0.2, 0) is 4.79 Å². The average Bonchev–Trinajstić information content (AvgIpc) is 2.89. The van der Waals surface area contributed by atoms with Crippen LogP contribution in [0.5, 0.6) is 0 Å². The molecule has 1 amide bonds. The van der Waals surface area contributed by atoms with Crippen LogP contribution >= 0.6 is 0 Å². The van der Waals surface area contributed by atoms with E-state index >= 15 is 0 Å². The summed E-state index contributed by atoms with van der Waals surface area (Å²) in [5.41, 5.74) is 1.81. The summed E-state index contributed by atoms with van der Waals surface area (Å²) in [5, 5.41) is 6.40. The standard InChI is InChI=1S/C16H24N2O/c1-11-10-16(11,5)14(19)17-12-6-8-13(9-7-12)18-15(2,3)4/h6-9,11,18H,10H2,1-5H3,(H,17,19). The molecule has 0 spiro atoms. The number of hydrogen-bond acceptors (Lipinski definition) is 2. The smallest absolute Gasteiger partial charge is 0.230 e. The number of benzene rings is 1. The summed E-state index contributed by atoms with van der Waals surface area (Å²) in [5.74, 6) is 0.630. The summed E-state index contributed by atoms with van der Waals surface area (Å²) in [7, 11) is 0. The van der Waals surface area contributed by atoms with E-state index in [-0.39, 0.29) is 16.9 Å². The van der Waals surface area contributed by atoms with E-state index in [2.05, 4.69) is 38.3 Å². The third kappa shape index (κ3) is 3.28. The summed E-state index contributed by atoms with van der Waals surface area (Å²) in [6, 6.07) is 7.89. The molecule has 1 fully saturated rings. The fourth-order valence-electron chi connectivity index (χ4n) is 2.24. The van der Waals surface area contributed by atoms with Gasteiger partial charge in [0, 0.05) is 22.3 Å². The second-order valence-electron chi connectivity index (χ2n) is 6.93. The Bertz CT molecular complexity index is 473. The quantitative estimate of drug-likeness (QED) is 0.866. The number of carbonyl (C=O) groups is 1. The summed E-state index contributed by atoms with van der Waals surface area (Å²) >= 11 is 0. The van der Waals surface area contributed by atoms with E-state index in [4.69, 9.17) is 0 Å². The van der Waals surface area contributed by atoms with Crippen LogP contribution in [0, 0.1) is 11.3 Å².